The van der Waals surface area contributed by atoms with E-state index in [2.05, 4.69) is 29.2 Å². The molecule has 1 unspecified atom stereocenters. The third-order valence-corrected chi connectivity index (χ3v) is 4.45. The minimum Gasteiger partial charge on any atom is -0.454 e. The number of ether oxygens (including phenoxy) is 2. The van der Waals surface area contributed by atoms with E-state index >= 15 is 0 Å². The summed E-state index contributed by atoms with van der Waals surface area (Å²) in [5.41, 5.74) is 10.3. The zero-order valence-electron chi connectivity index (χ0n) is 12.5. The Bertz CT molecular complexity index is 687. The van der Waals surface area contributed by atoms with Crippen LogP contribution in [-0.4, -0.2) is 19.9 Å². The van der Waals surface area contributed by atoms with Gasteiger partial charge in [0.2, 0.25) is 6.79 Å². The maximum Gasteiger partial charge on any atom is 0.231 e. The van der Waals surface area contributed by atoms with Gasteiger partial charge in [-0.3, -0.25) is 0 Å². The van der Waals surface area contributed by atoms with E-state index in [-0.39, 0.29) is 6.04 Å². The van der Waals surface area contributed by atoms with Crippen molar-refractivity contribution in [2.45, 2.75) is 18.9 Å². The smallest absolute Gasteiger partial charge is 0.231 e. The fourth-order valence-corrected chi connectivity index (χ4v) is 3.29. The lowest BCUT2D eigenvalue weighted by molar-refractivity contribution is 0.174. The second-order valence-corrected chi connectivity index (χ2v) is 5.90. The number of benzene rings is 2. The summed E-state index contributed by atoms with van der Waals surface area (Å²) in [6.07, 6.45) is 2.34. The molecule has 2 heterocycles. The second-order valence-electron chi connectivity index (χ2n) is 5.90. The molecule has 2 aromatic carbocycles. The summed E-state index contributed by atoms with van der Waals surface area (Å²) < 4.78 is 10.8. The summed E-state index contributed by atoms with van der Waals surface area (Å²) in [7, 11) is 0. The zero-order chi connectivity index (χ0) is 14.9. The highest BCUT2D eigenvalue weighted by Gasteiger charge is 2.21. The molecular formula is C18H20N2O2. The van der Waals surface area contributed by atoms with E-state index in [0.717, 1.165) is 36.6 Å². The van der Waals surface area contributed by atoms with Gasteiger partial charge in [0.1, 0.15) is 0 Å². The molecule has 2 aliphatic heterocycles. The lowest BCUT2D eigenvalue weighted by Crippen LogP contribution is -2.35. The predicted octanol–water partition coefficient (Wildman–Crippen LogP) is 2.87. The summed E-state index contributed by atoms with van der Waals surface area (Å²) in [4.78, 5) is 2.40. The molecule has 0 saturated carbocycles. The molecule has 0 spiro atoms. The van der Waals surface area contributed by atoms with E-state index in [1.54, 1.807) is 0 Å². The minimum absolute atomic E-state index is 0.0411. The van der Waals surface area contributed by atoms with Crippen molar-refractivity contribution in [3.63, 3.8) is 0 Å². The van der Waals surface area contributed by atoms with Crippen molar-refractivity contribution in [3.05, 3.63) is 53.6 Å². The second kappa shape index (κ2) is 5.54. The lowest BCUT2D eigenvalue weighted by Gasteiger charge is -2.33. The molecule has 0 saturated heterocycles. The number of para-hydroxylation sites is 1. The molecule has 0 aliphatic carbocycles. The third kappa shape index (κ3) is 2.40. The van der Waals surface area contributed by atoms with E-state index in [1.165, 1.54) is 17.7 Å². The fraction of sp³-hybridized carbons (Fsp3) is 0.333. The molecule has 114 valence electrons. The SMILES string of the molecule is NC(CN1CCCc2ccccc21)c1ccc2c(c1)OCO2. The number of rotatable bonds is 3. The Morgan fingerprint density at radius 1 is 1.09 bits per heavy atom. The molecular weight excluding hydrogens is 276 g/mol. The monoisotopic (exact) mass is 296 g/mol. The number of nitrogens with two attached hydrogens (primary N) is 1. The lowest BCUT2D eigenvalue weighted by atomic mass is 10.00. The Kier molecular flexibility index (Phi) is 3.39. The average molecular weight is 296 g/mol. The normalized spacial score (nSPS) is 17.2. The van der Waals surface area contributed by atoms with Crippen LogP contribution in [0.2, 0.25) is 0 Å². The van der Waals surface area contributed by atoms with Crippen LogP contribution >= 0.6 is 0 Å². The Hall–Kier alpha value is -2.20. The van der Waals surface area contributed by atoms with Gasteiger partial charge < -0.3 is 20.1 Å². The molecule has 4 rings (SSSR count). The first-order chi connectivity index (χ1) is 10.8. The Labute approximate surface area is 130 Å². The standard InChI is InChI=1S/C18H20N2O2/c19-15(14-7-8-17-18(10-14)22-12-21-17)11-20-9-3-5-13-4-1-2-6-16(13)20/h1-2,4,6-8,10,15H,3,5,9,11-12,19H2. The molecule has 0 aromatic heterocycles. The van der Waals surface area contributed by atoms with E-state index in [4.69, 9.17) is 15.2 Å². The van der Waals surface area contributed by atoms with Gasteiger partial charge >= 0.3 is 0 Å². The summed E-state index contributed by atoms with van der Waals surface area (Å²) >= 11 is 0. The maximum absolute atomic E-state index is 6.44. The van der Waals surface area contributed by atoms with Crippen LogP contribution in [0.4, 0.5) is 5.69 Å². The first-order valence-electron chi connectivity index (χ1n) is 7.79. The van der Waals surface area contributed by atoms with Crippen LogP contribution in [0.5, 0.6) is 11.5 Å². The Balaban J connectivity index is 1.54. The molecule has 22 heavy (non-hydrogen) atoms. The van der Waals surface area contributed by atoms with Crippen LogP contribution in [0.1, 0.15) is 23.6 Å². The largest absolute Gasteiger partial charge is 0.454 e. The van der Waals surface area contributed by atoms with Crippen molar-refractivity contribution in [2.24, 2.45) is 5.73 Å². The molecule has 0 amide bonds. The number of aryl methyl sites for hydroxylation is 1. The number of anilines is 1. The summed E-state index contributed by atoms with van der Waals surface area (Å²) in [5.74, 6) is 1.60. The molecule has 1 atom stereocenters. The first-order valence-corrected chi connectivity index (χ1v) is 7.79. The first kappa shape index (κ1) is 13.5. The van der Waals surface area contributed by atoms with Gasteiger partial charge in [-0.05, 0) is 42.2 Å². The topological polar surface area (TPSA) is 47.7 Å². The van der Waals surface area contributed by atoms with Gasteiger partial charge in [0.25, 0.3) is 0 Å². The molecule has 4 nitrogen and oxygen atoms in total. The van der Waals surface area contributed by atoms with Gasteiger partial charge in [-0.2, -0.15) is 0 Å². The Morgan fingerprint density at radius 3 is 2.91 bits per heavy atom. The van der Waals surface area contributed by atoms with Crippen LogP contribution < -0.4 is 20.1 Å². The van der Waals surface area contributed by atoms with Crippen molar-refractivity contribution in [1.29, 1.82) is 0 Å². The maximum atomic E-state index is 6.44. The van der Waals surface area contributed by atoms with Crippen molar-refractivity contribution in [3.8, 4) is 11.5 Å². The van der Waals surface area contributed by atoms with E-state index < -0.39 is 0 Å². The number of fused-ring (bicyclic) bond motifs is 2. The van der Waals surface area contributed by atoms with Crippen molar-refractivity contribution >= 4 is 5.69 Å². The quantitative estimate of drug-likeness (QED) is 0.946. The highest BCUT2D eigenvalue weighted by molar-refractivity contribution is 5.56. The average Bonchev–Trinajstić information content (AvgIpc) is 3.02. The molecule has 0 radical (unpaired) electrons. The van der Waals surface area contributed by atoms with E-state index in [1.807, 2.05) is 18.2 Å². The summed E-state index contributed by atoms with van der Waals surface area (Å²) in [5, 5.41) is 0. The highest BCUT2D eigenvalue weighted by Crippen LogP contribution is 2.34. The van der Waals surface area contributed by atoms with Crippen molar-refractivity contribution in [1.82, 2.24) is 0 Å². The summed E-state index contributed by atoms with van der Waals surface area (Å²) in [6.45, 7) is 2.18. The third-order valence-electron chi connectivity index (χ3n) is 4.45. The zero-order valence-corrected chi connectivity index (χ0v) is 12.5. The van der Waals surface area contributed by atoms with Crippen LogP contribution in [0, 0.1) is 0 Å². The molecule has 2 N–H and O–H groups in total. The van der Waals surface area contributed by atoms with Crippen LogP contribution in [0.25, 0.3) is 0 Å². The minimum atomic E-state index is -0.0411. The van der Waals surface area contributed by atoms with Crippen molar-refractivity contribution in [2.75, 3.05) is 24.8 Å². The van der Waals surface area contributed by atoms with Gasteiger partial charge in [0.15, 0.2) is 11.5 Å². The molecule has 2 aromatic rings. The fourth-order valence-electron chi connectivity index (χ4n) is 3.29. The van der Waals surface area contributed by atoms with Crippen molar-refractivity contribution < 1.29 is 9.47 Å². The highest BCUT2D eigenvalue weighted by atomic mass is 16.7. The van der Waals surface area contributed by atoms with Gasteiger partial charge in [0, 0.05) is 24.8 Å². The molecule has 4 heteroatoms. The number of nitrogens with zero attached hydrogens (tertiary/aromatic N) is 1. The number of hydrogen-bond donors (Lipinski definition) is 1. The molecule has 2 aliphatic rings. The van der Waals surface area contributed by atoms with Crippen LogP contribution in [-0.2, 0) is 6.42 Å². The van der Waals surface area contributed by atoms with Gasteiger partial charge in [-0.1, -0.05) is 24.3 Å². The number of hydrogen-bond acceptors (Lipinski definition) is 4. The van der Waals surface area contributed by atoms with Gasteiger partial charge in [-0.25, -0.2) is 0 Å². The van der Waals surface area contributed by atoms with Crippen LogP contribution in [0.15, 0.2) is 42.5 Å². The summed E-state index contributed by atoms with van der Waals surface area (Å²) in [6, 6.07) is 14.6. The van der Waals surface area contributed by atoms with Gasteiger partial charge in [0.05, 0.1) is 0 Å². The Morgan fingerprint density at radius 2 is 1.95 bits per heavy atom. The van der Waals surface area contributed by atoms with Gasteiger partial charge in [-0.15, -0.1) is 0 Å². The molecule has 0 bridgehead atoms. The predicted molar refractivity (Wildman–Crippen MR) is 86.5 cm³/mol. The molecule has 0 fully saturated rings. The van der Waals surface area contributed by atoms with Crippen LogP contribution in [0.3, 0.4) is 0 Å². The van der Waals surface area contributed by atoms with E-state index in [0.29, 0.717) is 6.79 Å². The van der Waals surface area contributed by atoms with E-state index in [9.17, 15) is 0 Å².